The fourth-order valence-corrected chi connectivity index (χ4v) is 1.49. The number of fused-ring (bicyclic) bond motifs is 1. The van der Waals surface area contributed by atoms with Gasteiger partial charge in [-0.3, -0.25) is 14.5 Å². The van der Waals surface area contributed by atoms with Gasteiger partial charge in [0.1, 0.15) is 11.5 Å². The van der Waals surface area contributed by atoms with Crippen molar-refractivity contribution in [1.29, 1.82) is 0 Å². The average molecular weight is 206 g/mol. The highest BCUT2D eigenvalue weighted by Gasteiger charge is 2.36. The van der Waals surface area contributed by atoms with Crippen LogP contribution < -0.4 is 5.73 Å². The summed E-state index contributed by atoms with van der Waals surface area (Å²) in [5.74, 6) is -0.268. The number of imide groups is 1. The van der Waals surface area contributed by atoms with Crippen LogP contribution in [0, 0.1) is 6.92 Å². The first-order valence-corrected chi connectivity index (χ1v) is 4.55. The molecule has 1 aromatic rings. The van der Waals surface area contributed by atoms with Gasteiger partial charge in [-0.2, -0.15) is 0 Å². The molecule has 0 aromatic carbocycles. The van der Waals surface area contributed by atoms with Crippen LogP contribution >= 0.6 is 0 Å². The van der Waals surface area contributed by atoms with Crippen molar-refractivity contribution in [2.75, 3.05) is 13.1 Å². The molecule has 15 heavy (non-hydrogen) atoms. The summed E-state index contributed by atoms with van der Waals surface area (Å²) in [6, 6.07) is 0. The van der Waals surface area contributed by atoms with E-state index in [0.29, 0.717) is 5.82 Å². The van der Waals surface area contributed by atoms with Gasteiger partial charge in [0.15, 0.2) is 0 Å². The largest absolute Gasteiger partial charge is 0.329 e. The van der Waals surface area contributed by atoms with Crippen LogP contribution in [0.1, 0.15) is 26.7 Å². The zero-order valence-electron chi connectivity index (χ0n) is 8.23. The molecule has 6 nitrogen and oxygen atoms in total. The van der Waals surface area contributed by atoms with Gasteiger partial charge in [0.05, 0.1) is 5.56 Å². The van der Waals surface area contributed by atoms with Crippen molar-refractivity contribution in [1.82, 2.24) is 14.9 Å². The monoisotopic (exact) mass is 206 g/mol. The molecule has 1 aliphatic rings. The second-order valence-electron chi connectivity index (χ2n) is 3.23. The minimum atomic E-state index is -0.383. The summed E-state index contributed by atoms with van der Waals surface area (Å²) in [7, 11) is 0. The fraction of sp³-hybridized carbons (Fsp3) is 0.333. The Balaban J connectivity index is 2.46. The molecule has 0 unspecified atom stereocenters. The molecule has 78 valence electrons. The van der Waals surface area contributed by atoms with Crippen molar-refractivity contribution in [3.8, 4) is 0 Å². The van der Waals surface area contributed by atoms with Gasteiger partial charge in [-0.05, 0) is 6.92 Å². The van der Waals surface area contributed by atoms with E-state index in [1.807, 2.05) is 0 Å². The van der Waals surface area contributed by atoms with Gasteiger partial charge in [-0.15, -0.1) is 0 Å². The molecule has 2 amide bonds. The SMILES string of the molecule is Cc1ncc2c(n1)C(=O)N(CCN)C2=O. The van der Waals surface area contributed by atoms with Gasteiger partial charge in [-0.1, -0.05) is 0 Å². The molecule has 6 heteroatoms. The van der Waals surface area contributed by atoms with Gasteiger partial charge in [0.2, 0.25) is 0 Å². The molecule has 0 spiro atoms. The number of carbonyl (C=O) groups is 2. The third kappa shape index (κ3) is 1.39. The quantitative estimate of drug-likeness (QED) is 0.649. The lowest BCUT2D eigenvalue weighted by atomic mass is 10.2. The molecule has 0 radical (unpaired) electrons. The lowest BCUT2D eigenvalue weighted by Crippen LogP contribution is -2.34. The van der Waals surface area contributed by atoms with E-state index in [1.54, 1.807) is 6.92 Å². The highest BCUT2D eigenvalue weighted by molar-refractivity contribution is 6.20. The smallest absolute Gasteiger partial charge is 0.280 e. The number of nitrogens with two attached hydrogens (primary N) is 1. The maximum atomic E-state index is 11.7. The van der Waals surface area contributed by atoms with E-state index in [4.69, 9.17) is 5.73 Å². The normalized spacial score (nSPS) is 14.7. The number of nitrogens with zero attached hydrogens (tertiary/aromatic N) is 3. The summed E-state index contributed by atoms with van der Waals surface area (Å²) in [6.07, 6.45) is 1.38. The molecule has 0 bridgehead atoms. The molecule has 0 aliphatic carbocycles. The first-order valence-electron chi connectivity index (χ1n) is 4.55. The predicted molar refractivity (Wildman–Crippen MR) is 51.2 cm³/mol. The van der Waals surface area contributed by atoms with Crippen LogP contribution in [-0.4, -0.2) is 39.8 Å². The lowest BCUT2D eigenvalue weighted by Gasteiger charge is -2.10. The van der Waals surface area contributed by atoms with Crippen molar-refractivity contribution in [3.05, 3.63) is 23.3 Å². The van der Waals surface area contributed by atoms with Crippen LogP contribution in [-0.2, 0) is 0 Å². The maximum absolute atomic E-state index is 11.7. The summed E-state index contributed by atoms with van der Waals surface area (Å²) in [6.45, 7) is 2.13. The van der Waals surface area contributed by atoms with Crippen molar-refractivity contribution < 1.29 is 9.59 Å². The van der Waals surface area contributed by atoms with Crippen molar-refractivity contribution in [2.45, 2.75) is 6.92 Å². The second-order valence-corrected chi connectivity index (χ2v) is 3.23. The number of rotatable bonds is 2. The number of carbonyl (C=O) groups excluding carboxylic acids is 2. The van der Waals surface area contributed by atoms with Gasteiger partial charge in [0, 0.05) is 19.3 Å². The van der Waals surface area contributed by atoms with Gasteiger partial charge in [-0.25, -0.2) is 9.97 Å². The first-order chi connectivity index (χ1) is 7.15. The molecule has 0 fully saturated rings. The van der Waals surface area contributed by atoms with Crippen LogP contribution in [0.4, 0.5) is 0 Å². The van der Waals surface area contributed by atoms with E-state index in [1.165, 1.54) is 6.20 Å². The lowest BCUT2D eigenvalue weighted by molar-refractivity contribution is 0.0657. The average Bonchev–Trinajstić information content (AvgIpc) is 2.44. The van der Waals surface area contributed by atoms with Crippen LogP contribution in [0.15, 0.2) is 6.20 Å². The van der Waals surface area contributed by atoms with Gasteiger partial charge in [0.25, 0.3) is 11.8 Å². The Morgan fingerprint density at radius 2 is 2.13 bits per heavy atom. The molecule has 1 aromatic heterocycles. The molecule has 2 N–H and O–H groups in total. The molecule has 2 heterocycles. The van der Waals surface area contributed by atoms with Crippen LogP contribution in [0.3, 0.4) is 0 Å². The van der Waals surface area contributed by atoms with E-state index in [0.717, 1.165) is 4.90 Å². The summed E-state index contributed by atoms with van der Waals surface area (Å²) < 4.78 is 0. The third-order valence-corrected chi connectivity index (χ3v) is 2.19. The number of amides is 2. The van der Waals surface area contributed by atoms with E-state index in [-0.39, 0.29) is 36.2 Å². The van der Waals surface area contributed by atoms with E-state index >= 15 is 0 Å². The highest BCUT2D eigenvalue weighted by atomic mass is 16.2. The zero-order chi connectivity index (χ0) is 11.0. The summed E-state index contributed by atoms with van der Waals surface area (Å²) in [5.41, 5.74) is 5.76. The van der Waals surface area contributed by atoms with Crippen molar-refractivity contribution in [2.24, 2.45) is 5.73 Å². The number of hydrogen-bond acceptors (Lipinski definition) is 5. The number of hydrogen-bond donors (Lipinski definition) is 1. The summed E-state index contributed by atoms with van der Waals surface area (Å²) >= 11 is 0. The Kier molecular flexibility index (Phi) is 2.20. The summed E-state index contributed by atoms with van der Waals surface area (Å²) in [5, 5.41) is 0. The summed E-state index contributed by atoms with van der Waals surface area (Å²) in [4.78, 5) is 32.3. The zero-order valence-corrected chi connectivity index (χ0v) is 8.23. The molecule has 0 atom stereocenters. The Morgan fingerprint density at radius 3 is 2.80 bits per heavy atom. The van der Waals surface area contributed by atoms with E-state index in [2.05, 4.69) is 9.97 Å². The standard InChI is InChI=1S/C9H10N4O2/c1-5-11-4-6-7(12-5)9(15)13(3-2-10)8(6)14/h4H,2-3,10H2,1H3. The van der Waals surface area contributed by atoms with Gasteiger partial charge >= 0.3 is 0 Å². The van der Waals surface area contributed by atoms with Crippen LogP contribution in [0.5, 0.6) is 0 Å². The topological polar surface area (TPSA) is 89.2 Å². The van der Waals surface area contributed by atoms with E-state index < -0.39 is 0 Å². The van der Waals surface area contributed by atoms with Crippen LogP contribution in [0.25, 0.3) is 0 Å². The minimum Gasteiger partial charge on any atom is -0.329 e. The molecular weight excluding hydrogens is 196 g/mol. The van der Waals surface area contributed by atoms with Crippen molar-refractivity contribution >= 4 is 11.8 Å². The Labute approximate surface area is 86.1 Å². The van der Waals surface area contributed by atoms with Crippen molar-refractivity contribution in [3.63, 3.8) is 0 Å². The minimum absolute atomic E-state index is 0.181. The van der Waals surface area contributed by atoms with Gasteiger partial charge < -0.3 is 5.73 Å². The molecular formula is C9H10N4O2. The highest BCUT2D eigenvalue weighted by Crippen LogP contribution is 2.19. The fourth-order valence-electron chi connectivity index (χ4n) is 1.49. The molecule has 2 rings (SSSR count). The molecule has 1 aliphatic heterocycles. The Bertz CT molecular complexity index is 444. The number of aryl methyl sites for hydroxylation is 1. The van der Waals surface area contributed by atoms with E-state index in [9.17, 15) is 9.59 Å². The first kappa shape index (κ1) is 9.72. The second kappa shape index (κ2) is 3.39. The number of aromatic nitrogens is 2. The Morgan fingerprint density at radius 1 is 1.40 bits per heavy atom. The maximum Gasteiger partial charge on any atom is 0.280 e. The third-order valence-electron chi connectivity index (χ3n) is 2.19. The molecule has 0 saturated heterocycles. The van der Waals surface area contributed by atoms with Crippen LogP contribution in [0.2, 0.25) is 0 Å². The molecule has 0 saturated carbocycles. The Hall–Kier alpha value is -1.82. The predicted octanol–water partition coefficient (Wildman–Crippen LogP) is -0.660.